The second kappa shape index (κ2) is 9.36. The van der Waals surface area contributed by atoms with Gasteiger partial charge in [0.15, 0.2) is 0 Å². The third-order valence-corrected chi connectivity index (χ3v) is 3.75. The Labute approximate surface area is 135 Å². The van der Waals surface area contributed by atoms with E-state index < -0.39 is 5.60 Å². The minimum absolute atomic E-state index is 0.105. The van der Waals surface area contributed by atoms with Crippen LogP contribution >= 0.6 is 0 Å². The van der Waals surface area contributed by atoms with Crippen molar-refractivity contribution in [1.29, 1.82) is 0 Å². The maximum absolute atomic E-state index is 11.7. The van der Waals surface area contributed by atoms with Gasteiger partial charge in [-0.1, -0.05) is 13.3 Å². The van der Waals surface area contributed by atoms with Gasteiger partial charge in [-0.15, -0.1) is 0 Å². The van der Waals surface area contributed by atoms with E-state index in [0.717, 1.165) is 38.8 Å². The number of amides is 1. The molecule has 1 aliphatic heterocycles. The molecule has 0 aromatic carbocycles. The van der Waals surface area contributed by atoms with Crippen molar-refractivity contribution in [3.8, 4) is 0 Å². The van der Waals surface area contributed by atoms with Crippen LogP contribution in [-0.2, 0) is 9.47 Å². The lowest BCUT2D eigenvalue weighted by molar-refractivity contribution is -0.00317. The molecule has 5 nitrogen and oxygen atoms in total. The number of ether oxygens (including phenoxy) is 2. The maximum Gasteiger partial charge on any atom is 0.407 e. The Morgan fingerprint density at radius 2 is 2.14 bits per heavy atom. The molecule has 1 heterocycles. The molecule has 0 aromatic rings. The summed E-state index contributed by atoms with van der Waals surface area (Å²) in [7, 11) is 0. The van der Waals surface area contributed by atoms with E-state index in [0.29, 0.717) is 12.1 Å². The molecule has 1 amide bonds. The second-order valence-corrected chi connectivity index (χ2v) is 7.29. The first-order chi connectivity index (χ1) is 10.3. The fourth-order valence-electron chi connectivity index (χ4n) is 2.67. The summed E-state index contributed by atoms with van der Waals surface area (Å²) >= 11 is 0. The van der Waals surface area contributed by atoms with Gasteiger partial charge in [0.05, 0.1) is 6.10 Å². The molecule has 1 saturated heterocycles. The Morgan fingerprint density at radius 1 is 1.41 bits per heavy atom. The number of rotatable bonds is 7. The van der Waals surface area contributed by atoms with Gasteiger partial charge in [-0.25, -0.2) is 4.79 Å². The first kappa shape index (κ1) is 19.2. The Kier molecular flexibility index (Phi) is 8.18. The van der Waals surface area contributed by atoms with Crippen LogP contribution in [0.4, 0.5) is 4.79 Å². The summed E-state index contributed by atoms with van der Waals surface area (Å²) in [4.78, 5) is 11.7. The van der Waals surface area contributed by atoms with Crippen molar-refractivity contribution in [3.05, 3.63) is 0 Å². The van der Waals surface area contributed by atoms with Crippen molar-refractivity contribution < 1.29 is 14.3 Å². The van der Waals surface area contributed by atoms with E-state index in [1.54, 1.807) is 0 Å². The zero-order valence-electron chi connectivity index (χ0n) is 14.9. The zero-order chi connectivity index (χ0) is 16.6. The molecule has 0 radical (unpaired) electrons. The van der Waals surface area contributed by atoms with E-state index in [4.69, 9.17) is 9.47 Å². The largest absolute Gasteiger partial charge is 0.444 e. The predicted octanol–water partition coefficient (Wildman–Crippen LogP) is 3.23. The third-order valence-electron chi connectivity index (χ3n) is 3.75. The van der Waals surface area contributed by atoms with Crippen LogP contribution in [0.5, 0.6) is 0 Å². The van der Waals surface area contributed by atoms with Crippen molar-refractivity contribution in [2.45, 2.75) is 90.5 Å². The van der Waals surface area contributed by atoms with Gasteiger partial charge in [-0.2, -0.15) is 0 Å². The summed E-state index contributed by atoms with van der Waals surface area (Å²) in [6, 6.07) is 0.646. The van der Waals surface area contributed by atoms with Crippen LogP contribution in [0.15, 0.2) is 0 Å². The number of nitrogens with one attached hydrogen (secondary N) is 2. The molecule has 3 atom stereocenters. The number of hydrogen-bond donors (Lipinski definition) is 2. The van der Waals surface area contributed by atoms with Crippen molar-refractivity contribution in [1.82, 2.24) is 10.6 Å². The molecule has 1 fully saturated rings. The summed E-state index contributed by atoms with van der Waals surface area (Å²) in [6.07, 6.45) is 5.47. The van der Waals surface area contributed by atoms with Gasteiger partial charge >= 0.3 is 6.09 Å². The molecule has 0 bridgehead atoms. The summed E-state index contributed by atoms with van der Waals surface area (Å²) < 4.78 is 11.0. The molecule has 0 saturated carbocycles. The average Bonchev–Trinajstić information content (AvgIpc) is 2.37. The van der Waals surface area contributed by atoms with Crippen molar-refractivity contribution >= 4 is 6.09 Å². The van der Waals surface area contributed by atoms with E-state index in [2.05, 4.69) is 17.6 Å². The fourth-order valence-corrected chi connectivity index (χ4v) is 2.67. The molecular weight excluding hydrogens is 280 g/mol. The van der Waals surface area contributed by atoms with Crippen molar-refractivity contribution in [2.24, 2.45) is 0 Å². The minimum Gasteiger partial charge on any atom is -0.444 e. The summed E-state index contributed by atoms with van der Waals surface area (Å²) in [6.45, 7) is 11.6. The minimum atomic E-state index is -0.446. The molecule has 0 aromatic heterocycles. The van der Waals surface area contributed by atoms with Crippen molar-refractivity contribution in [2.75, 3.05) is 13.2 Å². The van der Waals surface area contributed by atoms with Gasteiger partial charge in [0, 0.05) is 18.7 Å². The van der Waals surface area contributed by atoms with E-state index >= 15 is 0 Å². The highest BCUT2D eigenvalue weighted by atomic mass is 16.6. The third kappa shape index (κ3) is 8.59. The highest BCUT2D eigenvalue weighted by Gasteiger charge is 2.22. The first-order valence-corrected chi connectivity index (χ1v) is 8.64. The number of hydrogen-bond acceptors (Lipinski definition) is 4. The predicted molar refractivity (Wildman–Crippen MR) is 89.1 cm³/mol. The maximum atomic E-state index is 11.7. The first-order valence-electron chi connectivity index (χ1n) is 8.64. The van der Waals surface area contributed by atoms with Crippen LogP contribution in [0.1, 0.15) is 66.7 Å². The topological polar surface area (TPSA) is 59.6 Å². The van der Waals surface area contributed by atoms with E-state index in [9.17, 15) is 4.79 Å². The quantitative estimate of drug-likeness (QED) is 0.757. The molecule has 3 unspecified atom stereocenters. The standard InChI is InChI=1S/C17H34N2O3/c1-6-7-15-12-14(9-11-21-15)18-10-8-13(2)19-16(20)22-17(3,4)5/h13-15,18H,6-12H2,1-5H3,(H,19,20). The Morgan fingerprint density at radius 3 is 2.77 bits per heavy atom. The molecule has 1 aliphatic rings. The van der Waals surface area contributed by atoms with Gasteiger partial charge in [-0.05, 0) is 59.9 Å². The molecule has 0 aliphatic carbocycles. The SMILES string of the molecule is CCCC1CC(NCCC(C)NC(=O)OC(C)(C)C)CCO1. The molecule has 130 valence electrons. The van der Waals surface area contributed by atoms with Crippen LogP contribution in [0.2, 0.25) is 0 Å². The molecular formula is C17H34N2O3. The highest BCUT2D eigenvalue weighted by molar-refractivity contribution is 5.67. The van der Waals surface area contributed by atoms with Crippen LogP contribution in [0, 0.1) is 0 Å². The normalized spacial score (nSPS) is 23.9. The second-order valence-electron chi connectivity index (χ2n) is 7.29. The summed E-state index contributed by atoms with van der Waals surface area (Å²) in [5, 5.41) is 6.47. The van der Waals surface area contributed by atoms with Gasteiger partial charge in [0.25, 0.3) is 0 Å². The molecule has 5 heteroatoms. The molecule has 2 N–H and O–H groups in total. The van der Waals surface area contributed by atoms with Crippen LogP contribution in [-0.4, -0.2) is 43.0 Å². The lowest BCUT2D eigenvalue weighted by Gasteiger charge is -2.30. The lowest BCUT2D eigenvalue weighted by Crippen LogP contribution is -2.42. The van der Waals surface area contributed by atoms with Gasteiger partial charge in [0.1, 0.15) is 5.60 Å². The monoisotopic (exact) mass is 314 g/mol. The summed E-state index contributed by atoms with van der Waals surface area (Å²) in [5.74, 6) is 0. The van der Waals surface area contributed by atoms with Gasteiger partial charge in [-0.3, -0.25) is 0 Å². The highest BCUT2D eigenvalue weighted by Crippen LogP contribution is 2.17. The van der Waals surface area contributed by atoms with Crippen molar-refractivity contribution in [3.63, 3.8) is 0 Å². The number of alkyl carbamates (subject to hydrolysis) is 1. The Bertz CT molecular complexity index is 326. The molecule has 1 rings (SSSR count). The van der Waals surface area contributed by atoms with E-state index in [1.165, 1.54) is 6.42 Å². The molecule has 22 heavy (non-hydrogen) atoms. The lowest BCUT2D eigenvalue weighted by atomic mass is 10.00. The molecule has 0 spiro atoms. The Balaban J connectivity index is 2.16. The number of carbonyl (C=O) groups is 1. The van der Waals surface area contributed by atoms with Crippen LogP contribution < -0.4 is 10.6 Å². The zero-order valence-corrected chi connectivity index (χ0v) is 14.9. The van der Waals surface area contributed by atoms with Gasteiger partial charge < -0.3 is 20.1 Å². The number of carbonyl (C=O) groups excluding carboxylic acids is 1. The van der Waals surface area contributed by atoms with E-state index in [-0.39, 0.29) is 12.1 Å². The smallest absolute Gasteiger partial charge is 0.407 e. The fraction of sp³-hybridized carbons (Fsp3) is 0.941. The van der Waals surface area contributed by atoms with Crippen LogP contribution in [0.3, 0.4) is 0 Å². The Hall–Kier alpha value is -0.810. The summed E-state index contributed by atoms with van der Waals surface area (Å²) in [5.41, 5.74) is -0.446. The average molecular weight is 314 g/mol. The van der Waals surface area contributed by atoms with E-state index in [1.807, 2.05) is 27.7 Å². The van der Waals surface area contributed by atoms with Gasteiger partial charge in [0.2, 0.25) is 0 Å². The van der Waals surface area contributed by atoms with Crippen LogP contribution in [0.25, 0.3) is 0 Å².